The van der Waals surface area contributed by atoms with Gasteiger partial charge in [-0.3, -0.25) is 0 Å². The molecule has 1 heterocycles. The van der Waals surface area contributed by atoms with Gasteiger partial charge in [-0.25, -0.2) is 31.6 Å². The number of hydrogen-bond donors (Lipinski definition) is 1. The second-order valence-corrected chi connectivity index (χ2v) is 11.4. The Bertz CT molecular complexity index is 1390. The number of benzene rings is 2. The third-order valence-corrected chi connectivity index (χ3v) is 8.16. The van der Waals surface area contributed by atoms with E-state index in [1.54, 1.807) is 39.0 Å². The van der Waals surface area contributed by atoms with E-state index in [0.29, 0.717) is 15.7 Å². The van der Waals surface area contributed by atoms with Crippen LogP contribution in [0.1, 0.15) is 17.0 Å². The molecule has 12 heteroatoms. The highest BCUT2D eigenvalue weighted by Crippen LogP contribution is 2.27. The van der Waals surface area contributed by atoms with Crippen molar-refractivity contribution < 1.29 is 21.6 Å². The number of aryl methyl sites for hydroxylation is 3. The summed E-state index contributed by atoms with van der Waals surface area (Å²) in [7, 11) is -8.53. The lowest BCUT2D eigenvalue weighted by atomic mass is 10.2. The molecule has 3 aromatic rings. The normalized spacial score (nSPS) is 11.8. The third kappa shape index (κ3) is 5.49. The highest BCUT2D eigenvalue weighted by atomic mass is 35.5. The van der Waals surface area contributed by atoms with Crippen molar-refractivity contribution >= 4 is 43.4 Å². The SMILES string of the molecule is Cc1ccc(S(=O)(=O)CNC(=O)N(c2nc(C)cc(C)n2)S(=O)(=O)c2ccccc2Cl)cc1. The monoisotopic (exact) mass is 508 g/mol. The van der Waals surface area contributed by atoms with Crippen molar-refractivity contribution in [2.45, 2.75) is 30.6 Å². The van der Waals surface area contributed by atoms with Gasteiger partial charge in [0.25, 0.3) is 10.0 Å². The van der Waals surface area contributed by atoms with Crippen LogP contribution in [0, 0.1) is 20.8 Å². The van der Waals surface area contributed by atoms with Crippen LogP contribution in [0.15, 0.2) is 64.4 Å². The molecule has 174 valence electrons. The van der Waals surface area contributed by atoms with Gasteiger partial charge in [0.1, 0.15) is 10.8 Å². The Balaban J connectivity index is 2.01. The Labute approximate surface area is 197 Å². The van der Waals surface area contributed by atoms with Crippen molar-refractivity contribution in [1.29, 1.82) is 0 Å². The molecule has 2 aromatic carbocycles. The summed E-state index contributed by atoms with van der Waals surface area (Å²) >= 11 is 6.08. The number of hydrogen-bond acceptors (Lipinski definition) is 7. The average Bonchev–Trinajstić information content (AvgIpc) is 2.72. The van der Waals surface area contributed by atoms with Gasteiger partial charge in [0.05, 0.1) is 9.92 Å². The van der Waals surface area contributed by atoms with Gasteiger partial charge in [-0.15, -0.1) is 4.31 Å². The van der Waals surface area contributed by atoms with Gasteiger partial charge in [-0.1, -0.05) is 41.4 Å². The number of anilines is 1. The molecular weight excluding hydrogens is 488 g/mol. The molecule has 9 nitrogen and oxygen atoms in total. The molecule has 0 radical (unpaired) electrons. The van der Waals surface area contributed by atoms with E-state index in [4.69, 9.17) is 11.6 Å². The molecule has 0 unspecified atom stereocenters. The van der Waals surface area contributed by atoms with E-state index in [9.17, 15) is 21.6 Å². The number of aromatic nitrogens is 2. The third-order valence-electron chi connectivity index (χ3n) is 4.49. The Morgan fingerprint density at radius 1 is 0.939 bits per heavy atom. The number of rotatable bonds is 6. The number of carbonyl (C=O) groups is 1. The van der Waals surface area contributed by atoms with Gasteiger partial charge in [0.15, 0.2) is 9.84 Å². The lowest BCUT2D eigenvalue weighted by molar-refractivity contribution is 0.250. The van der Waals surface area contributed by atoms with Crippen LogP contribution in [0.3, 0.4) is 0 Å². The number of sulfone groups is 1. The van der Waals surface area contributed by atoms with E-state index >= 15 is 0 Å². The molecule has 1 aromatic heterocycles. The molecule has 0 aliphatic carbocycles. The summed E-state index contributed by atoms with van der Waals surface area (Å²) in [5.41, 5.74) is 1.69. The van der Waals surface area contributed by atoms with Crippen molar-refractivity contribution in [1.82, 2.24) is 15.3 Å². The summed E-state index contributed by atoms with van der Waals surface area (Å²) < 4.78 is 52.4. The number of urea groups is 1. The minimum absolute atomic E-state index is 0.0171. The predicted octanol–water partition coefficient (Wildman–Crippen LogP) is 3.39. The number of nitrogens with one attached hydrogen (secondary N) is 1. The van der Waals surface area contributed by atoms with Crippen molar-refractivity contribution in [2.75, 3.05) is 10.2 Å². The average molecular weight is 509 g/mol. The van der Waals surface area contributed by atoms with Crippen molar-refractivity contribution in [2.24, 2.45) is 0 Å². The summed E-state index contributed by atoms with van der Waals surface area (Å²) in [6.45, 7) is 5.02. The second kappa shape index (κ2) is 9.46. The number of sulfonamides is 1. The van der Waals surface area contributed by atoms with Gasteiger partial charge in [-0.05, 0) is 51.1 Å². The topological polar surface area (TPSA) is 126 Å². The lowest BCUT2D eigenvalue weighted by Gasteiger charge is -2.22. The molecule has 0 spiro atoms. The highest BCUT2D eigenvalue weighted by Gasteiger charge is 2.35. The van der Waals surface area contributed by atoms with Gasteiger partial charge < -0.3 is 5.32 Å². The molecule has 0 saturated carbocycles. The molecule has 0 atom stereocenters. The molecule has 0 saturated heterocycles. The van der Waals surface area contributed by atoms with Crippen LogP contribution in [-0.4, -0.2) is 38.7 Å². The zero-order valence-corrected chi connectivity index (χ0v) is 20.4. The molecule has 2 amide bonds. The fraction of sp³-hybridized carbons (Fsp3) is 0.190. The van der Waals surface area contributed by atoms with Gasteiger partial charge in [-0.2, -0.15) is 0 Å². The fourth-order valence-corrected chi connectivity index (χ4v) is 5.72. The molecule has 3 rings (SSSR count). The molecule has 0 fully saturated rings. The van der Waals surface area contributed by atoms with E-state index in [1.807, 2.05) is 0 Å². The Kier molecular flexibility index (Phi) is 7.06. The highest BCUT2D eigenvalue weighted by molar-refractivity contribution is 7.93. The Morgan fingerprint density at radius 2 is 1.52 bits per heavy atom. The van der Waals surface area contributed by atoms with E-state index in [2.05, 4.69) is 15.3 Å². The summed E-state index contributed by atoms with van der Waals surface area (Å²) in [5.74, 6) is -1.27. The van der Waals surface area contributed by atoms with Crippen LogP contribution in [0.5, 0.6) is 0 Å². The molecule has 0 aliphatic heterocycles. The van der Waals surface area contributed by atoms with Crippen LogP contribution >= 0.6 is 11.6 Å². The van der Waals surface area contributed by atoms with Crippen LogP contribution < -0.4 is 9.62 Å². The first kappa shape index (κ1) is 24.6. The van der Waals surface area contributed by atoms with E-state index in [0.717, 1.165) is 5.56 Å². The van der Waals surface area contributed by atoms with Crippen LogP contribution in [0.2, 0.25) is 5.02 Å². The maximum Gasteiger partial charge on any atom is 0.339 e. The van der Waals surface area contributed by atoms with E-state index in [-0.39, 0.29) is 14.8 Å². The number of carbonyl (C=O) groups excluding carboxylic acids is 1. The second-order valence-electron chi connectivity index (χ2n) is 7.20. The van der Waals surface area contributed by atoms with E-state index in [1.165, 1.54) is 36.4 Å². The predicted molar refractivity (Wildman–Crippen MR) is 124 cm³/mol. The maximum atomic E-state index is 13.4. The van der Waals surface area contributed by atoms with Crippen LogP contribution in [0.4, 0.5) is 10.7 Å². The van der Waals surface area contributed by atoms with E-state index < -0.39 is 37.7 Å². The Morgan fingerprint density at radius 3 is 2.09 bits per heavy atom. The molecule has 33 heavy (non-hydrogen) atoms. The number of nitrogens with zero attached hydrogens (tertiary/aromatic N) is 3. The molecule has 0 bridgehead atoms. The van der Waals surface area contributed by atoms with Gasteiger partial charge in [0, 0.05) is 11.4 Å². The summed E-state index contributed by atoms with van der Waals surface area (Å²) in [5, 5.41) is 2.05. The van der Waals surface area contributed by atoms with Gasteiger partial charge in [0.2, 0.25) is 5.95 Å². The standard InChI is InChI=1S/C21H21ClN4O5S2/c1-14-8-10-17(11-9-14)32(28,29)13-23-21(27)26(20-24-15(2)12-16(3)25-20)33(30,31)19-7-5-4-6-18(19)22/h4-12H,13H2,1-3H3,(H,23,27). The lowest BCUT2D eigenvalue weighted by Crippen LogP contribution is -2.46. The first-order chi connectivity index (χ1) is 15.4. The summed E-state index contributed by atoms with van der Waals surface area (Å²) in [6, 6.07) is 12.0. The van der Waals surface area contributed by atoms with Crippen LogP contribution in [0.25, 0.3) is 0 Å². The van der Waals surface area contributed by atoms with Crippen molar-refractivity contribution in [3.8, 4) is 0 Å². The molecular formula is C21H21ClN4O5S2. The molecule has 0 aliphatic rings. The largest absolute Gasteiger partial charge is 0.339 e. The maximum absolute atomic E-state index is 13.4. The zero-order valence-electron chi connectivity index (χ0n) is 18.0. The summed E-state index contributed by atoms with van der Waals surface area (Å²) in [4.78, 5) is 20.8. The van der Waals surface area contributed by atoms with Crippen molar-refractivity contribution in [3.63, 3.8) is 0 Å². The first-order valence-electron chi connectivity index (χ1n) is 9.61. The fourth-order valence-electron chi connectivity index (χ4n) is 2.92. The minimum Gasteiger partial charge on any atom is -0.322 e. The smallest absolute Gasteiger partial charge is 0.322 e. The zero-order chi connectivity index (χ0) is 24.4. The molecule has 1 N–H and O–H groups in total. The van der Waals surface area contributed by atoms with Gasteiger partial charge >= 0.3 is 6.03 Å². The van der Waals surface area contributed by atoms with Crippen LogP contribution in [-0.2, 0) is 19.9 Å². The number of amides is 2. The number of halogens is 1. The first-order valence-corrected chi connectivity index (χ1v) is 13.1. The minimum atomic E-state index is -4.59. The Hall–Kier alpha value is -3.02. The van der Waals surface area contributed by atoms with Crippen molar-refractivity contribution in [3.05, 3.63) is 76.6 Å². The quantitative estimate of drug-likeness (QED) is 0.540. The summed E-state index contributed by atoms with van der Waals surface area (Å²) in [6.07, 6.45) is 0.